The first-order valence-electron chi connectivity index (χ1n) is 4.19. The van der Waals surface area contributed by atoms with Gasteiger partial charge in [-0.05, 0) is 12.5 Å². The average molecular weight is 159 g/mol. The molecule has 2 N–H and O–H groups in total. The van der Waals surface area contributed by atoms with E-state index in [0.717, 1.165) is 12.5 Å². The summed E-state index contributed by atoms with van der Waals surface area (Å²) in [5, 5.41) is 0. The van der Waals surface area contributed by atoms with Crippen LogP contribution in [0.25, 0.3) is 0 Å². The van der Waals surface area contributed by atoms with Crippen LogP contribution in [0.5, 0.6) is 0 Å². The molecule has 0 aromatic carbocycles. The normalized spacial score (nSPS) is 15.3. The largest absolute Gasteiger partial charge is 0.330 e. The Kier molecular flexibility index (Phi) is 4.21. The van der Waals surface area contributed by atoms with Crippen molar-refractivity contribution in [3.05, 3.63) is 0 Å². The molecule has 62 valence electrons. The van der Waals surface area contributed by atoms with Crippen molar-refractivity contribution in [2.24, 2.45) is 11.7 Å². The van der Waals surface area contributed by atoms with Crippen LogP contribution in [-0.4, -0.2) is 14.6 Å². The summed E-state index contributed by atoms with van der Waals surface area (Å²) in [6.45, 7) is 10.3. The van der Waals surface area contributed by atoms with Gasteiger partial charge in [0.15, 0.2) is 0 Å². The van der Waals surface area contributed by atoms with Crippen molar-refractivity contribution in [1.82, 2.24) is 0 Å². The van der Waals surface area contributed by atoms with Gasteiger partial charge in [-0.15, -0.1) is 0 Å². The monoisotopic (exact) mass is 159 g/mol. The van der Waals surface area contributed by atoms with Gasteiger partial charge in [0.2, 0.25) is 0 Å². The van der Waals surface area contributed by atoms with E-state index >= 15 is 0 Å². The van der Waals surface area contributed by atoms with Gasteiger partial charge in [-0.1, -0.05) is 39.0 Å². The lowest BCUT2D eigenvalue weighted by molar-refractivity contribution is 0.567. The standard InChI is InChI=1S/C8H21NSi/c1-5-8(6-9)7-10(2,3)4/h8H,5-7,9H2,1-4H3. The number of hydrogen-bond donors (Lipinski definition) is 1. The van der Waals surface area contributed by atoms with E-state index in [1.165, 1.54) is 12.5 Å². The molecule has 2 heteroatoms. The molecule has 0 spiro atoms. The van der Waals surface area contributed by atoms with Crippen LogP contribution in [0.4, 0.5) is 0 Å². The summed E-state index contributed by atoms with van der Waals surface area (Å²) in [5.74, 6) is 0.784. The Balaban J connectivity index is 3.63. The van der Waals surface area contributed by atoms with Crippen LogP contribution in [0.15, 0.2) is 0 Å². The van der Waals surface area contributed by atoms with Gasteiger partial charge >= 0.3 is 0 Å². The molecule has 0 saturated carbocycles. The molecule has 0 fully saturated rings. The van der Waals surface area contributed by atoms with E-state index < -0.39 is 8.07 Å². The summed E-state index contributed by atoms with van der Waals surface area (Å²) in [6.07, 6.45) is 1.25. The van der Waals surface area contributed by atoms with Crippen molar-refractivity contribution in [2.45, 2.75) is 39.0 Å². The quantitative estimate of drug-likeness (QED) is 0.626. The number of nitrogens with two attached hydrogens (primary N) is 1. The van der Waals surface area contributed by atoms with Gasteiger partial charge in [-0.2, -0.15) is 0 Å². The Hall–Kier alpha value is 0.177. The van der Waals surface area contributed by atoms with Crippen LogP contribution in [0.3, 0.4) is 0 Å². The Morgan fingerprint density at radius 1 is 1.30 bits per heavy atom. The molecule has 0 radical (unpaired) electrons. The van der Waals surface area contributed by atoms with E-state index in [0.29, 0.717) is 0 Å². The van der Waals surface area contributed by atoms with Crippen molar-refractivity contribution in [2.75, 3.05) is 6.54 Å². The van der Waals surface area contributed by atoms with E-state index in [2.05, 4.69) is 26.6 Å². The first-order chi connectivity index (χ1) is 4.49. The van der Waals surface area contributed by atoms with Crippen molar-refractivity contribution in [3.63, 3.8) is 0 Å². The molecule has 0 amide bonds. The predicted octanol–water partition coefficient (Wildman–Crippen LogP) is 2.31. The van der Waals surface area contributed by atoms with Gasteiger partial charge < -0.3 is 5.73 Å². The zero-order chi connectivity index (χ0) is 8.20. The molecule has 1 nitrogen and oxygen atoms in total. The summed E-state index contributed by atoms with van der Waals surface area (Å²) in [6, 6.07) is 1.39. The first-order valence-corrected chi connectivity index (χ1v) is 7.90. The van der Waals surface area contributed by atoms with Crippen LogP contribution < -0.4 is 5.73 Å². The third kappa shape index (κ3) is 5.00. The molecule has 0 aliphatic carbocycles. The van der Waals surface area contributed by atoms with Crippen molar-refractivity contribution >= 4 is 8.07 Å². The highest BCUT2D eigenvalue weighted by Crippen LogP contribution is 2.17. The van der Waals surface area contributed by atoms with Crippen LogP contribution in [0.1, 0.15) is 13.3 Å². The fraction of sp³-hybridized carbons (Fsp3) is 1.00. The Morgan fingerprint density at radius 3 is 1.90 bits per heavy atom. The fourth-order valence-corrected chi connectivity index (χ4v) is 3.45. The minimum Gasteiger partial charge on any atom is -0.330 e. The Morgan fingerprint density at radius 2 is 1.80 bits per heavy atom. The van der Waals surface area contributed by atoms with E-state index in [1.807, 2.05) is 0 Å². The molecule has 0 aliphatic heterocycles. The molecule has 0 heterocycles. The molecule has 1 unspecified atom stereocenters. The van der Waals surface area contributed by atoms with Crippen molar-refractivity contribution in [1.29, 1.82) is 0 Å². The van der Waals surface area contributed by atoms with E-state index in [-0.39, 0.29) is 0 Å². The topological polar surface area (TPSA) is 26.0 Å². The molecular formula is C8H21NSi. The molecule has 0 aromatic heterocycles. The molecule has 0 saturated heterocycles. The summed E-state index contributed by atoms with van der Waals surface area (Å²) in [5.41, 5.74) is 5.61. The van der Waals surface area contributed by atoms with Gasteiger partial charge in [-0.3, -0.25) is 0 Å². The molecule has 0 bridgehead atoms. The zero-order valence-electron chi connectivity index (χ0n) is 7.78. The Labute approximate surface area is 66.0 Å². The second-order valence-electron chi connectivity index (χ2n) is 4.27. The number of rotatable bonds is 4. The van der Waals surface area contributed by atoms with Crippen LogP contribution in [0.2, 0.25) is 25.7 Å². The average Bonchev–Trinajstić information content (AvgIpc) is 1.81. The third-order valence-corrected chi connectivity index (χ3v) is 3.61. The van der Waals surface area contributed by atoms with Crippen LogP contribution in [0, 0.1) is 5.92 Å². The molecule has 0 aliphatic rings. The van der Waals surface area contributed by atoms with Crippen molar-refractivity contribution in [3.8, 4) is 0 Å². The molecule has 0 aromatic rings. The highest BCUT2D eigenvalue weighted by atomic mass is 28.3. The molecule has 1 atom stereocenters. The van der Waals surface area contributed by atoms with E-state index in [4.69, 9.17) is 5.73 Å². The van der Waals surface area contributed by atoms with Crippen molar-refractivity contribution < 1.29 is 0 Å². The van der Waals surface area contributed by atoms with Gasteiger partial charge in [0.05, 0.1) is 0 Å². The maximum atomic E-state index is 5.61. The summed E-state index contributed by atoms with van der Waals surface area (Å²) in [4.78, 5) is 0. The lowest BCUT2D eigenvalue weighted by Crippen LogP contribution is -2.27. The fourth-order valence-electron chi connectivity index (χ4n) is 1.26. The maximum absolute atomic E-state index is 5.61. The lowest BCUT2D eigenvalue weighted by Gasteiger charge is -2.21. The highest BCUT2D eigenvalue weighted by molar-refractivity contribution is 6.76. The van der Waals surface area contributed by atoms with Gasteiger partial charge in [0, 0.05) is 8.07 Å². The third-order valence-electron chi connectivity index (χ3n) is 1.81. The SMILES string of the molecule is CCC(CN)C[Si](C)(C)C. The second kappa shape index (κ2) is 4.14. The van der Waals surface area contributed by atoms with Crippen LogP contribution in [-0.2, 0) is 0 Å². The summed E-state index contributed by atoms with van der Waals surface area (Å²) in [7, 11) is -0.842. The second-order valence-corrected chi connectivity index (χ2v) is 9.80. The summed E-state index contributed by atoms with van der Waals surface area (Å²) < 4.78 is 0. The van der Waals surface area contributed by atoms with E-state index in [1.54, 1.807) is 0 Å². The molecular weight excluding hydrogens is 138 g/mol. The van der Waals surface area contributed by atoms with Crippen LogP contribution >= 0.6 is 0 Å². The zero-order valence-corrected chi connectivity index (χ0v) is 8.78. The van der Waals surface area contributed by atoms with E-state index in [9.17, 15) is 0 Å². The molecule has 10 heavy (non-hydrogen) atoms. The lowest BCUT2D eigenvalue weighted by atomic mass is 10.1. The number of hydrogen-bond acceptors (Lipinski definition) is 1. The van der Waals surface area contributed by atoms with Gasteiger partial charge in [0.1, 0.15) is 0 Å². The first kappa shape index (κ1) is 10.2. The predicted molar refractivity (Wildman–Crippen MR) is 51.0 cm³/mol. The van der Waals surface area contributed by atoms with Gasteiger partial charge in [0.25, 0.3) is 0 Å². The smallest absolute Gasteiger partial charge is 0.0445 e. The highest BCUT2D eigenvalue weighted by Gasteiger charge is 2.17. The minimum atomic E-state index is -0.842. The summed E-state index contributed by atoms with van der Waals surface area (Å²) >= 11 is 0. The Bertz CT molecular complexity index is 81.7. The molecule has 0 rings (SSSR count). The maximum Gasteiger partial charge on any atom is 0.0445 e. The van der Waals surface area contributed by atoms with Gasteiger partial charge in [-0.25, -0.2) is 0 Å². The minimum absolute atomic E-state index is 0.784.